The van der Waals surface area contributed by atoms with Gasteiger partial charge in [0, 0.05) is 31.9 Å². The first-order chi connectivity index (χ1) is 9.49. The molecule has 110 valence electrons. The molecule has 1 amide bonds. The van der Waals surface area contributed by atoms with Crippen LogP contribution in [0.2, 0.25) is 0 Å². The Balaban J connectivity index is 1.92. The molecule has 0 radical (unpaired) electrons. The molecule has 1 aliphatic heterocycles. The van der Waals surface area contributed by atoms with Gasteiger partial charge in [-0.05, 0) is 30.2 Å². The number of nitrogens with zero attached hydrogens (tertiary/aromatic N) is 2. The lowest BCUT2D eigenvalue weighted by Gasteiger charge is -2.37. The van der Waals surface area contributed by atoms with E-state index in [0.717, 1.165) is 18.8 Å². The molecule has 1 aromatic carbocycles. The van der Waals surface area contributed by atoms with E-state index in [-0.39, 0.29) is 17.6 Å². The number of carbonyl (C=O) groups is 1. The standard InChI is InChI=1S/C15H23N3O2/c1-11(2)14(16)15(20)18-9-7-17(8-10-18)12-3-5-13(19)6-4-12/h3-6,11,14,19H,7-10,16H2,1-2H3. The van der Waals surface area contributed by atoms with Gasteiger partial charge < -0.3 is 20.6 Å². The quantitative estimate of drug-likeness (QED) is 0.865. The maximum absolute atomic E-state index is 12.2. The molecule has 1 heterocycles. The summed E-state index contributed by atoms with van der Waals surface area (Å²) in [5.41, 5.74) is 6.99. The minimum absolute atomic E-state index is 0.0466. The molecule has 0 aromatic heterocycles. The van der Waals surface area contributed by atoms with Crippen LogP contribution in [0.25, 0.3) is 0 Å². The molecule has 0 saturated carbocycles. The van der Waals surface area contributed by atoms with E-state index in [1.807, 2.05) is 30.9 Å². The van der Waals surface area contributed by atoms with Crippen LogP contribution in [0.3, 0.4) is 0 Å². The van der Waals surface area contributed by atoms with E-state index in [2.05, 4.69) is 4.90 Å². The van der Waals surface area contributed by atoms with Gasteiger partial charge >= 0.3 is 0 Å². The van der Waals surface area contributed by atoms with Gasteiger partial charge in [-0.15, -0.1) is 0 Å². The normalized spacial score (nSPS) is 17.4. The van der Waals surface area contributed by atoms with E-state index in [0.29, 0.717) is 13.1 Å². The predicted molar refractivity (Wildman–Crippen MR) is 79.7 cm³/mol. The summed E-state index contributed by atoms with van der Waals surface area (Å²) >= 11 is 0. The number of amides is 1. The molecule has 5 heteroatoms. The highest BCUT2D eigenvalue weighted by Gasteiger charge is 2.26. The van der Waals surface area contributed by atoms with Gasteiger partial charge in [0.25, 0.3) is 0 Å². The number of piperazine rings is 1. The number of benzene rings is 1. The number of nitrogens with two attached hydrogens (primary N) is 1. The van der Waals surface area contributed by atoms with Crippen LogP contribution in [-0.2, 0) is 4.79 Å². The highest BCUT2D eigenvalue weighted by Crippen LogP contribution is 2.20. The Morgan fingerprint density at radius 3 is 2.20 bits per heavy atom. The summed E-state index contributed by atoms with van der Waals surface area (Å²) in [6.07, 6.45) is 0. The van der Waals surface area contributed by atoms with Crippen LogP contribution in [0.5, 0.6) is 5.75 Å². The van der Waals surface area contributed by atoms with Crippen molar-refractivity contribution in [1.82, 2.24) is 4.90 Å². The molecule has 5 nitrogen and oxygen atoms in total. The van der Waals surface area contributed by atoms with Gasteiger partial charge in [-0.3, -0.25) is 4.79 Å². The fraction of sp³-hybridized carbons (Fsp3) is 0.533. The molecule has 1 aromatic rings. The number of phenolic OH excluding ortho intramolecular Hbond substituents is 1. The highest BCUT2D eigenvalue weighted by molar-refractivity contribution is 5.82. The molecule has 1 saturated heterocycles. The molecule has 1 atom stereocenters. The van der Waals surface area contributed by atoms with E-state index in [9.17, 15) is 9.90 Å². The molecule has 1 fully saturated rings. The Bertz CT molecular complexity index is 451. The summed E-state index contributed by atoms with van der Waals surface area (Å²) in [7, 11) is 0. The van der Waals surface area contributed by atoms with Crippen molar-refractivity contribution in [1.29, 1.82) is 0 Å². The zero-order chi connectivity index (χ0) is 14.7. The average molecular weight is 277 g/mol. The Kier molecular flexibility index (Phi) is 4.49. The van der Waals surface area contributed by atoms with Gasteiger partial charge in [0.2, 0.25) is 5.91 Å². The van der Waals surface area contributed by atoms with Gasteiger partial charge in [0.05, 0.1) is 6.04 Å². The van der Waals surface area contributed by atoms with E-state index in [1.165, 1.54) is 0 Å². The van der Waals surface area contributed by atoms with Gasteiger partial charge in [0.1, 0.15) is 5.75 Å². The Hall–Kier alpha value is -1.75. The molecule has 20 heavy (non-hydrogen) atoms. The van der Waals surface area contributed by atoms with Crippen LogP contribution in [0.15, 0.2) is 24.3 Å². The SMILES string of the molecule is CC(C)C(N)C(=O)N1CCN(c2ccc(O)cc2)CC1. The van der Waals surface area contributed by atoms with Crippen molar-refractivity contribution in [2.75, 3.05) is 31.1 Å². The van der Waals surface area contributed by atoms with Gasteiger partial charge in [-0.1, -0.05) is 13.8 Å². The monoisotopic (exact) mass is 277 g/mol. The molecular formula is C15H23N3O2. The number of aromatic hydroxyl groups is 1. The second kappa shape index (κ2) is 6.13. The maximum Gasteiger partial charge on any atom is 0.239 e. The van der Waals surface area contributed by atoms with Crippen LogP contribution in [0.4, 0.5) is 5.69 Å². The summed E-state index contributed by atoms with van der Waals surface area (Å²) in [5.74, 6) is 0.480. The second-order valence-corrected chi connectivity index (χ2v) is 5.60. The number of carbonyl (C=O) groups excluding carboxylic acids is 1. The molecule has 0 aliphatic carbocycles. The summed E-state index contributed by atoms with van der Waals surface area (Å²) < 4.78 is 0. The van der Waals surface area contributed by atoms with Crippen molar-refractivity contribution < 1.29 is 9.90 Å². The molecule has 0 bridgehead atoms. The minimum Gasteiger partial charge on any atom is -0.508 e. The molecule has 1 unspecified atom stereocenters. The number of rotatable bonds is 3. The topological polar surface area (TPSA) is 69.8 Å². The molecule has 3 N–H and O–H groups in total. The Morgan fingerprint density at radius 2 is 1.70 bits per heavy atom. The van der Waals surface area contributed by atoms with E-state index in [4.69, 9.17) is 5.73 Å². The molecule has 2 rings (SSSR count). The second-order valence-electron chi connectivity index (χ2n) is 5.60. The zero-order valence-corrected chi connectivity index (χ0v) is 12.1. The third kappa shape index (κ3) is 3.22. The lowest BCUT2D eigenvalue weighted by Crippen LogP contribution is -2.54. The van der Waals surface area contributed by atoms with Gasteiger partial charge in [-0.25, -0.2) is 0 Å². The summed E-state index contributed by atoms with van der Waals surface area (Å²) in [5, 5.41) is 9.30. The predicted octanol–water partition coefficient (Wildman–Crippen LogP) is 1.02. The number of hydrogen-bond acceptors (Lipinski definition) is 4. The van der Waals surface area contributed by atoms with Crippen LogP contribution >= 0.6 is 0 Å². The summed E-state index contributed by atoms with van der Waals surface area (Å²) in [6, 6.07) is 6.75. The molecule has 1 aliphatic rings. The number of anilines is 1. The number of hydrogen-bond donors (Lipinski definition) is 2. The van der Waals surface area contributed by atoms with E-state index in [1.54, 1.807) is 12.1 Å². The first-order valence-electron chi connectivity index (χ1n) is 7.07. The first kappa shape index (κ1) is 14.7. The maximum atomic E-state index is 12.2. The highest BCUT2D eigenvalue weighted by atomic mass is 16.3. The van der Waals surface area contributed by atoms with Crippen molar-refractivity contribution in [2.24, 2.45) is 11.7 Å². The van der Waals surface area contributed by atoms with Crippen molar-refractivity contribution >= 4 is 11.6 Å². The number of phenols is 1. The van der Waals surface area contributed by atoms with Crippen LogP contribution in [0, 0.1) is 5.92 Å². The Labute approximate surface area is 120 Å². The van der Waals surface area contributed by atoms with Crippen molar-refractivity contribution in [3.63, 3.8) is 0 Å². The lowest BCUT2D eigenvalue weighted by atomic mass is 10.0. The fourth-order valence-corrected chi connectivity index (χ4v) is 2.34. The van der Waals surface area contributed by atoms with Gasteiger partial charge in [0.15, 0.2) is 0 Å². The fourth-order valence-electron chi connectivity index (χ4n) is 2.34. The third-order valence-electron chi connectivity index (χ3n) is 3.81. The smallest absolute Gasteiger partial charge is 0.239 e. The van der Waals surface area contributed by atoms with E-state index >= 15 is 0 Å². The molecule has 0 spiro atoms. The zero-order valence-electron chi connectivity index (χ0n) is 12.1. The summed E-state index contributed by atoms with van der Waals surface area (Å²) in [6.45, 7) is 6.91. The van der Waals surface area contributed by atoms with Crippen LogP contribution < -0.4 is 10.6 Å². The van der Waals surface area contributed by atoms with Crippen molar-refractivity contribution in [3.8, 4) is 5.75 Å². The molecular weight excluding hydrogens is 254 g/mol. The summed E-state index contributed by atoms with van der Waals surface area (Å²) in [4.78, 5) is 16.2. The Morgan fingerprint density at radius 1 is 1.15 bits per heavy atom. The first-order valence-corrected chi connectivity index (χ1v) is 7.07. The van der Waals surface area contributed by atoms with E-state index < -0.39 is 6.04 Å². The van der Waals surface area contributed by atoms with Crippen molar-refractivity contribution in [2.45, 2.75) is 19.9 Å². The third-order valence-corrected chi connectivity index (χ3v) is 3.81. The van der Waals surface area contributed by atoms with Crippen LogP contribution in [-0.4, -0.2) is 48.1 Å². The van der Waals surface area contributed by atoms with Crippen molar-refractivity contribution in [3.05, 3.63) is 24.3 Å². The lowest BCUT2D eigenvalue weighted by molar-refractivity contribution is -0.133. The average Bonchev–Trinajstić information content (AvgIpc) is 2.46. The van der Waals surface area contributed by atoms with Gasteiger partial charge in [-0.2, -0.15) is 0 Å². The van der Waals surface area contributed by atoms with Crippen LogP contribution in [0.1, 0.15) is 13.8 Å². The largest absolute Gasteiger partial charge is 0.508 e. The minimum atomic E-state index is -0.407.